The van der Waals surface area contributed by atoms with Gasteiger partial charge in [-0.25, -0.2) is 0 Å². The Morgan fingerprint density at radius 3 is 2.54 bits per heavy atom. The maximum Gasteiger partial charge on any atom is 0.162 e. The molecule has 2 bridgehead atoms. The van der Waals surface area contributed by atoms with Gasteiger partial charge < -0.3 is 29.9 Å². The molecule has 1 aromatic rings. The van der Waals surface area contributed by atoms with Crippen LogP contribution in [0.3, 0.4) is 0 Å². The summed E-state index contributed by atoms with van der Waals surface area (Å²) >= 11 is 0. The minimum absolute atomic E-state index is 0.0158. The fraction of sp³-hybridized carbons (Fsp3) is 0.619. The van der Waals surface area contributed by atoms with E-state index >= 15 is 0 Å². The van der Waals surface area contributed by atoms with Gasteiger partial charge in [0.25, 0.3) is 0 Å². The third kappa shape index (κ3) is 2.43. The van der Waals surface area contributed by atoms with Crippen molar-refractivity contribution in [3.05, 3.63) is 34.6 Å². The molecular formula is C21H29NO6. The summed E-state index contributed by atoms with van der Waals surface area (Å²) in [5.41, 5.74) is 1.29. The number of aliphatic hydroxyl groups is 3. The van der Waals surface area contributed by atoms with Crippen LogP contribution in [-0.4, -0.2) is 70.9 Å². The Morgan fingerprint density at radius 2 is 1.89 bits per heavy atom. The van der Waals surface area contributed by atoms with Crippen LogP contribution >= 0.6 is 0 Å². The number of likely N-dealkylation sites (tertiary alicyclic amines) is 1. The highest BCUT2D eigenvalue weighted by Crippen LogP contribution is 2.61. The molecule has 1 fully saturated rings. The molecule has 1 saturated heterocycles. The molecule has 5 atom stereocenters. The zero-order chi connectivity index (χ0) is 20.2. The molecule has 1 aliphatic heterocycles. The summed E-state index contributed by atoms with van der Waals surface area (Å²) in [5.74, 6) is 0.614. The largest absolute Gasteiger partial charge is 0.504 e. The van der Waals surface area contributed by atoms with E-state index in [9.17, 15) is 20.4 Å². The molecule has 0 aromatic heterocycles. The standard InChI is InChI=1S/C21H29NO6/c1-4-8-22-9-7-21-10-12(23)18(25)20(28-3)15(21)16(22)17(24)11-5-6-13(27-2)19(26)14(11)21/h5-6,12,16-18,23-26H,4,7-10H2,1-3H3/t12-,16-,17+,18-,21-/m0/s1. The molecule has 7 heteroatoms. The van der Waals surface area contributed by atoms with Crippen molar-refractivity contribution >= 4 is 0 Å². The third-order valence-electron chi connectivity index (χ3n) is 6.71. The number of phenolic OH excluding ortho intramolecular Hbond substituents is 1. The fourth-order valence-electron chi connectivity index (χ4n) is 5.63. The number of rotatable bonds is 4. The van der Waals surface area contributed by atoms with E-state index in [0.29, 0.717) is 29.1 Å². The molecule has 4 rings (SSSR count). The lowest BCUT2D eigenvalue weighted by molar-refractivity contribution is -0.0521. The van der Waals surface area contributed by atoms with Gasteiger partial charge in [-0.3, -0.25) is 4.90 Å². The van der Waals surface area contributed by atoms with Crippen LogP contribution in [-0.2, 0) is 10.2 Å². The maximum atomic E-state index is 11.3. The van der Waals surface area contributed by atoms with Gasteiger partial charge in [0, 0.05) is 23.1 Å². The number of hydrogen-bond acceptors (Lipinski definition) is 7. The van der Waals surface area contributed by atoms with Crippen LogP contribution < -0.4 is 4.74 Å². The van der Waals surface area contributed by atoms with Gasteiger partial charge in [0.05, 0.1) is 32.5 Å². The first-order valence-electron chi connectivity index (χ1n) is 9.88. The van der Waals surface area contributed by atoms with E-state index in [2.05, 4.69) is 11.8 Å². The second-order valence-corrected chi connectivity index (χ2v) is 8.04. The smallest absolute Gasteiger partial charge is 0.162 e. The van der Waals surface area contributed by atoms with Crippen molar-refractivity contribution in [3.63, 3.8) is 0 Å². The maximum absolute atomic E-state index is 11.3. The minimum atomic E-state index is -1.15. The number of methoxy groups -OCH3 is 2. The number of hydrogen-bond donors (Lipinski definition) is 4. The van der Waals surface area contributed by atoms with E-state index in [1.807, 2.05) is 0 Å². The van der Waals surface area contributed by atoms with Crippen molar-refractivity contribution in [2.24, 2.45) is 0 Å². The number of phenols is 1. The molecule has 0 saturated carbocycles. The topological polar surface area (TPSA) is 103 Å². The van der Waals surface area contributed by atoms with E-state index in [4.69, 9.17) is 9.47 Å². The Labute approximate surface area is 164 Å². The molecule has 4 N–H and O–H groups in total. The zero-order valence-electron chi connectivity index (χ0n) is 16.6. The van der Waals surface area contributed by atoms with Gasteiger partial charge in [0.2, 0.25) is 0 Å². The summed E-state index contributed by atoms with van der Waals surface area (Å²) in [6.07, 6.45) is -1.22. The number of ether oxygens (including phenoxy) is 2. The average Bonchev–Trinajstić information content (AvgIpc) is 2.68. The van der Waals surface area contributed by atoms with Gasteiger partial charge in [-0.1, -0.05) is 13.0 Å². The Hall–Kier alpha value is -1.80. The summed E-state index contributed by atoms with van der Waals surface area (Å²) in [6.45, 7) is 3.61. The summed E-state index contributed by atoms with van der Waals surface area (Å²) in [5, 5.41) is 43.6. The van der Waals surface area contributed by atoms with Crippen LogP contribution in [0.4, 0.5) is 0 Å². The van der Waals surface area contributed by atoms with Gasteiger partial charge in [0.15, 0.2) is 11.5 Å². The second-order valence-electron chi connectivity index (χ2n) is 8.04. The van der Waals surface area contributed by atoms with Crippen LogP contribution in [0.1, 0.15) is 43.4 Å². The summed E-state index contributed by atoms with van der Waals surface area (Å²) < 4.78 is 10.9. The zero-order valence-corrected chi connectivity index (χ0v) is 16.6. The lowest BCUT2D eigenvalue weighted by Crippen LogP contribution is -2.61. The van der Waals surface area contributed by atoms with Gasteiger partial charge in [-0.05, 0) is 37.4 Å². The molecular weight excluding hydrogens is 362 g/mol. The quantitative estimate of drug-likeness (QED) is 0.612. The molecule has 7 nitrogen and oxygen atoms in total. The first-order chi connectivity index (χ1) is 13.4. The molecule has 0 radical (unpaired) electrons. The number of nitrogens with zero attached hydrogens (tertiary/aromatic N) is 1. The van der Waals surface area contributed by atoms with Gasteiger partial charge in [0.1, 0.15) is 11.9 Å². The van der Waals surface area contributed by atoms with Crippen molar-refractivity contribution in [2.45, 2.75) is 56.0 Å². The van der Waals surface area contributed by atoms with E-state index in [1.54, 1.807) is 12.1 Å². The summed E-state index contributed by atoms with van der Waals surface area (Å²) in [7, 11) is 2.96. The second kappa shape index (κ2) is 6.91. The van der Waals surface area contributed by atoms with E-state index in [1.165, 1.54) is 14.2 Å². The van der Waals surface area contributed by atoms with E-state index in [0.717, 1.165) is 25.1 Å². The first-order valence-corrected chi connectivity index (χ1v) is 9.88. The van der Waals surface area contributed by atoms with Crippen LogP contribution in [0, 0.1) is 0 Å². The van der Waals surface area contributed by atoms with Gasteiger partial charge in [-0.2, -0.15) is 0 Å². The lowest BCUT2D eigenvalue weighted by Gasteiger charge is -2.58. The van der Waals surface area contributed by atoms with Crippen molar-refractivity contribution in [1.29, 1.82) is 0 Å². The molecule has 1 aromatic carbocycles. The molecule has 1 heterocycles. The summed E-state index contributed by atoms with van der Waals surface area (Å²) in [6, 6.07) is 3.09. The van der Waals surface area contributed by atoms with Crippen LogP contribution in [0.2, 0.25) is 0 Å². The van der Waals surface area contributed by atoms with Crippen molar-refractivity contribution in [2.75, 3.05) is 27.3 Å². The highest BCUT2D eigenvalue weighted by molar-refractivity contribution is 5.63. The number of benzene rings is 1. The number of aromatic hydroxyl groups is 1. The van der Waals surface area contributed by atoms with Crippen LogP contribution in [0.5, 0.6) is 11.5 Å². The van der Waals surface area contributed by atoms with Crippen molar-refractivity contribution in [1.82, 2.24) is 4.90 Å². The van der Waals surface area contributed by atoms with Crippen LogP contribution in [0.25, 0.3) is 0 Å². The number of aliphatic hydroxyl groups excluding tert-OH is 3. The van der Waals surface area contributed by atoms with Crippen LogP contribution in [0.15, 0.2) is 23.5 Å². The van der Waals surface area contributed by atoms with E-state index in [-0.39, 0.29) is 18.2 Å². The summed E-state index contributed by atoms with van der Waals surface area (Å²) in [4.78, 5) is 2.21. The average molecular weight is 391 g/mol. The Balaban J connectivity index is 2.05. The number of piperidine rings is 1. The fourth-order valence-corrected chi connectivity index (χ4v) is 5.63. The molecule has 28 heavy (non-hydrogen) atoms. The van der Waals surface area contributed by atoms with Gasteiger partial charge >= 0.3 is 0 Å². The van der Waals surface area contributed by atoms with Gasteiger partial charge in [-0.15, -0.1) is 0 Å². The Bertz CT molecular complexity index is 808. The Morgan fingerprint density at radius 1 is 1.14 bits per heavy atom. The monoisotopic (exact) mass is 391 g/mol. The Kier molecular flexibility index (Phi) is 4.82. The number of fused-ring (bicyclic) bond motifs is 1. The highest BCUT2D eigenvalue weighted by atomic mass is 16.5. The SMILES string of the molecule is CCCN1CC[C@@]23C[C@H](O)[C@H](O)C(OC)=C2[C@H]1[C@H](O)c1ccc(OC)c(O)c13. The molecule has 154 valence electrons. The highest BCUT2D eigenvalue weighted by Gasteiger charge is 2.60. The molecule has 0 unspecified atom stereocenters. The molecule has 0 spiro atoms. The normalized spacial score (nSPS) is 34.6. The lowest BCUT2D eigenvalue weighted by atomic mass is 9.54. The predicted molar refractivity (Wildman–Crippen MR) is 102 cm³/mol. The van der Waals surface area contributed by atoms with Crippen molar-refractivity contribution in [3.8, 4) is 11.5 Å². The van der Waals surface area contributed by atoms with E-state index < -0.39 is 23.7 Å². The molecule has 2 aliphatic carbocycles. The van der Waals surface area contributed by atoms with Crippen molar-refractivity contribution < 1.29 is 29.9 Å². The molecule has 0 amide bonds. The first kappa shape index (κ1) is 19.5. The minimum Gasteiger partial charge on any atom is -0.504 e. The third-order valence-corrected chi connectivity index (χ3v) is 6.71. The predicted octanol–water partition coefficient (Wildman–Crippen LogP) is 1.20. The molecule has 3 aliphatic rings.